The van der Waals surface area contributed by atoms with Gasteiger partial charge in [-0.2, -0.15) is 11.3 Å². The Bertz CT molecular complexity index is 468. The van der Waals surface area contributed by atoms with Crippen LogP contribution in [0.15, 0.2) is 21.8 Å². The SMILES string of the molecule is CN=C(NCCNC(=O)C(C)(C)C)N(C)Cc1ccsc1.I. The zero-order valence-electron chi connectivity index (χ0n) is 14.0. The molecule has 0 aliphatic heterocycles. The number of nitrogens with one attached hydrogen (secondary N) is 2. The molecule has 0 saturated heterocycles. The standard InChI is InChI=1S/C15H26N4OS.HI/c1-15(2,3)13(20)17-7-8-18-14(16-4)19(5)10-12-6-9-21-11-12;/h6,9,11H,7-8,10H2,1-5H3,(H,16,18)(H,17,20);1H. The van der Waals surface area contributed by atoms with E-state index in [0.29, 0.717) is 13.1 Å². The summed E-state index contributed by atoms with van der Waals surface area (Å²) in [4.78, 5) is 18.1. The van der Waals surface area contributed by atoms with Gasteiger partial charge < -0.3 is 15.5 Å². The Hall–Kier alpha value is -0.830. The number of hydrogen-bond donors (Lipinski definition) is 2. The highest BCUT2D eigenvalue weighted by molar-refractivity contribution is 14.0. The van der Waals surface area contributed by atoms with Crippen LogP contribution in [-0.2, 0) is 11.3 Å². The first-order chi connectivity index (χ1) is 9.84. The third-order valence-corrected chi connectivity index (χ3v) is 3.68. The van der Waals surface area contributed by atoms with Crippen LogP contribution < -0.4 is 10.6 Å². The van der Waals surface area contributed by atoms with E-state index < -0.39 is 0 Å². The van der Waals surface area contributed by atoms with E-state index in [-0.39, 0.29) is 35.3 Å². The van der Waals surface area contributed by atoms with Crippen LogP contribution in [0.2, 0.25) is 0 Å². The van der Waals surface area contributed by atoms with Crippen molar-refractivity contribution in [1.29, 1.82) is 0 Å². The zero-order chi connectivity index (χ0) is 15.9. The molecular formula is C15H27IN4OS. The molecule has 1 rings (SSSR count). The van der Waals surface area contributed by atoms with Gasteiger partial charge in [0.15, 0.2) is 5.96 Å². The van der Waals surface area contributed by atoms with Crippen LogP contribution >= 0.6 is 35.3 Å². The van der Waals surface area contributed by atoms with Gasteiger partial charge in [-0.05, 0) is 22.4 Å². The molecule has 1 heterocycles. The van der Waals surface area contributed by atoms with E-state index in [0.717, 1.165) is 12.5 Å². The number of hydrogen-bond acceptors (Lipinski definition) is 3. The summed E-state index contributed by atoms with van der Waals surface area (Å²) in [5.41, 5.74) is 0.920. The van der Waals surface area contributed by atoms with Crippen LogP contribution in [0.5, 0.6) is 0 Å². The van der Waals surface area contributed by atoms with Gasteiger partial charge in [0.05, 0.1) is 0 Å². The molecule has 0 aliphatic rings. The molecule has 7 heteroatoms. The lowest BCUT2D eigenvalue weighted by atomic mass is 9.96. The Balaban J connectivity index is 0.00000441. The molecule has 5 nitrogen and oxygen atoms in total. The number of nitrogens with zero attached hydrogens (tertiary/aromatic N) is 2. The molecule has 0 bridgehead atoms. The first-order valence-electron chi connectivity index (χ1n) is 7.05. The minimum atomic E-state index is -0.350. The number of thiophene rings is 1. The minimum absolute atomic E-state index is 0. The molecule has 1 aromatic heterocycles. The fourth-order valence-corrected chi connectivity index (χ4v) is 2.39. The number of amides is 1. The van der Waals surface area contributed by atoms with Gasteiger partial charge in [0.25, 0.3) is 0 Å². The van der Waals surface area contributed by atoms with Crippen molar-refractivity contribution in [3.63, 3.8) is 0 Å². The van der Waals surface area contributed by atoms with E-state index in [2.05, 4.69) is 37.4 Å². The lowest BCUT2D eigenvalue weighted by Gasteiger charge is -2.22. The second-order valence-electron chi connectivity index (χ2n) is 5.97. The molecule has 0 aromatic carbocycles. The summed E-state index contributed by atoms with van der Waals surface area (Å²) in [6, 6.07) is 2.11. The molecule has 22 heavy (non-hydrogen) atoms. The minimum Gasteiger partial charge on any atom is -0.354 e. The summed E-state index contributed by atoms with van der Waals surface area (Å²) >= 11 is 1.69. The van der Waals surface area contributed by atoms with Gasteiger partial charge >= 0.3 is 0 Å². The van der Waals surface area contributed by atoms with Gasteiger partial charge in [0, 0.05) is 39.1 Å². The largest absolute Gasteiger partial charge is 0.354 e. The van der Waals surface area contributed by atoms with Crippen molar-refractivity contribution in [1.82, 2.24) is 15.5 Å². The Kier molecular flexibility index (Phi) is 9.66. The molecule has 0 saturated carbocycles. The molecule has 0 spiro atoms. The molecule has 1 amide bonds. The summed E-state index contributed by atoms with van der Waals surface area (Å²) in [6.45, 7) is 7.78. The van der Waals surface area contributed by atoms with Crippen LogP contribution in [0, 0.1) is 5.41 Å². The van der Waals surface area contributed by atoms with Crippen LogP contribution in [0.1, 0.15) is 26.3 Å². The average Bonchev–Trinajstić information content (AvgIpc) is 2.90. The first kappa shape index (κ1) is 21.2. The number of halogens is 1. The van der Waals surface area contributed by atoms with E-state index in [9.17, 15) is 4.79 Å². The molecule has 126 valence electrons. The Morgan fingerprint density at radius 3 is 2.45 bits per heavy atom. The lowest BCUT2D eigenvalue weighted by Crippen LogP contribution is -2.43. The summed E-state index contributed by atoms with van der Waals surface area (Å²) < 4.78 is 0. The number of aliphatic imine (C=N–C) groups is 1. The Morgan fingerprint density at radius 1 is 1.32 bits per heavy atom. The summed E-state index contributed by atoms with van der Waals surface area (Å²) in [5.74, 6) is 0.886. The van der Waals surface area contributed by atoms with Crippen molar-refractivity contribution in [2.24, 2.45) is 10.4 Å². The van der Waals surface area contributed by atoms with Crippen molar-refractivity contribution in [3.05, 3.63) is 22.4 Å². The third kappa shape index (κ3) is 7.44. The molecular weight excluding hydrogens is 411 g/mol. The quantitative estimate of drug-likeness (QED) is 0.322. The van der Waals surface area contributed by atoms with E-state index >= 15 is 0 Å². The maximum Gasteiger partial charge on any atom is 0.225 e. The van der Waals surface area contributed by atoms with Gasteiger partial charge in [-0.25, -0.2) is 0 Å². The first-order valence-corrected chi connectivity index (χ1v) is 8.00. The summed E-state index contributed by atoms with van der Waals surface area (Å²) in [5, 5.41) is 10.4. The molecule has 0 unspecified atom stereocenters. The molecule has 0 atom stereocenters. The molecule has 1 aromatic rings. The highest BCUT2D eigenvalue weighted by Gasteiger charge is 2.20. The highest BCUT2D eigenvalue weighted by atomic mass is 127. The summed E-state index contributed by atoms with van der Waals surface area (Å²) in [7, 11) is 3.76. The predicted octanol–water partition coefficient (Wildman–Crippen LogP) is 2.54. The number of guanidine groups is 1. The smallest absolute Gasteiger partial charge is 0.225 e. The molecule has 0 aliphatic carbocycles. The van der Waals surface area contributed by atoms with Crippen LogP contribution in [0.3, 0.4) is 0 Å². The van der Waals surface area contributed by atoms with Crippen LogP contribution in [-0.4, -0.2) is 44.0 Å². The van der Waals surface area contributed by atoms with E-state index in [4.69, 9.17) is 0 Å². The van der Waals surface area contributed by atoms with Crippen molar-refractivity contribution in [3.8, 4) is 0 Å². The van der Waals surface area contributed by atoms with Gasteiger partial charge in [-0.1, -0.05) is 20.8 Å². The monoisotopic (exact) mass is 438 g/mol. The molecule has 0 fully saturated rings. The zero-order valence-corrected chi connectivity index (χ0v) is 17.1. The Labute approximate surface area is 154 Å². The van der Waals surface area contributed by atoms with Crippen LogP contribution in [0.4, 0.5) is 0 Å². The topological polar surface area (TPSA) is 56.7 Å². The number of carbonyl (C=O) groups excluding carboxylic acids is 1. The second kappa shape index (κ2) is 10.0. The van der Waals surface area contributed by atoms with Gasteiger partial charge in [-0.3, -0.25) is 9.79 Å². The summed E-state index contributed by atoms with van der Waals surface area (Å²) in [6.07, 6.45) is 0. The lowest BCUT2D eigenvalue weighted by molar-refractivity contribution is -0.128. The number of rotatable bonds is 5. The van der Waals surface area contributed by atoms with Crippen molar-refractivity contribution < 1.29 is 4.79 Å². The number of carbonyl (C=O) groups is 1. The van der Waals surface area contributed by atoms with Crippen molar-refractivity contribution in [2.75, 3.05) is 27.2 Å². The van der Waals surface area contributed by atoms with E-state index in [1.807, 2.05) is 27.8 Å². The van der Waals surface area contributed by atoms with Gasteiger partial charge in [-0.15, -0.1) is 24.0 Å². The Morgan fingerprint density at radius 2 is 1.95 bits per heavy atom. The van der Waals surface area contributed by atoms with E-state index in [1.165, 1.54) is 5.56 Å². The van der Waals surface area contributed by atoms with Crippen molar-refractivity contribution >= 4 is 47.2 Å². The predicted molar refractivity (Wildman–Crippen MR) is 105 cm³/mol. The highest BCUT2D eigenvalue weighted by Crippen LogP contribution is 2.11. The fourth-order valence-electron chi connectivity index (χ4n) is 1.73. The normalized spacial score (nSPS) is 11.6. The molecule has 0 radical (unpaired) electrons. The van der Waals surface area contributed by atoms with Gasteiger partial charge in [0.2, 0.25) is 5.91 Å². The third-order valence-electron chi connectivity index (χ3n) is 2.95. The second-order valence-corrected chi connectivity index (χ2v) is 6.75. The molecule has 2 N–H and O–H groups in total. The van der Waals surface area contributed by atoms with Crippen LogP contribution in [0.25, 0.3) is 0 Å². The average molecular weight is 438 g/mol. The maximum atomic E-state index is 11.7. The fraction of sp³-hybridized carbons (Fsp3) is 0.600. The van der Waals surface area contributed by atoms with Gasteiger partial charge in [0.1, 0.15) is 0 Å². The maximum absolute atomic E-state index is 11.7. The van der Waals surface area contributed by atoms with Crippen molar-refractivity contribution in [2.45, 2.75) is 27.3 Å². The van der Waals surface area contributed by atoms with E-state index in [1.54, 1.807) is 18.4 Å².